The summed E-state index contributed by atoms with van der Waals surface area (Å²) in [5, 5.41) is 23.2. The summed E-state index contributed by atoms with van der Waals surface area (Å²) in [6, 6.07) is 0. The second-order valence-corrected chi connectivity index (χ2v) is 2.85. The first kappa shape index (κ1) is 9.31. The summed E-state index contributed by atoms with van der Waals surface area (Å²) in [6.45, 7) is 1.36. The Morgan fingerprint density at radius 2 is 2.08 bits per heavy atom. The first-order valence-corrected chi connectivity index (χ1v) is 3.55. The highest BCUT2D eigenvalue weighted by molar-refractivity contribution is 5.90. The average molecular weight is 181 g/mol. The molecule has 1 N–H and O–H groups in total. The summed E-state index contributed by atoms with van der Waals surface area (Å²) in [6.07, 6.45) is 3.44. The number of nitrogens with one attached hydrogen (secondary N) is 1. The molecule has 0 saturated carbocycles. The van der Waals surface area contributed by atoms with E-state index in [1.165, 1.54) is 19.1 Å². The van der Waals surface area contributed by atoms with Crippen LogP contribution in [0.5, 0.6) is 0 Å². The van der Waals surface area contributed by atoms with Crippen molar-refractivity contribution in [3.05, 3.63) is 23.9 Å². The van der Waals surface area contributed by atoms with Crippen molar-refractivity contribution >= 4 is 11.9 Å². The van der Waals surface area contributed by atoms with E-state index in [9.17, 15) is 19.8 Å². The zero-order chi connectivity index (χ0) is 10.1. The van der Waals surface area contributed by atoms with Crippen LogP contribution in [-0.4, -0.2) is 17.5 Å². The van der Waals surface area contributed by atoms with Gasteiger partial charge >= 0.3 is 0 Å². The van der Waals surface area contributed by atoms with Crippen molar-refractivity contribution in [3.63, 3.8) is 0 Å². The Hall–Kier alpha value is -1.78. The van der Waals surface area contributed by atoms with E-state index in [0.29, 0.717) is 0 Å². The van der Waals surface area contributed by atoms with Gasteiger partial charge in [0.2, 0.25) is 0 Å². The number of carboxylic acids is 2. The number of carbonyl (C=O) groups is 2. The third-order valence-electron chi connectivity index (χ3n) is 1.78. The molecule has 0 amide bonds. The van der Waals surface area contributed by atoms with Crippen molar-refractivity contribution < 1.29 is 19.8 Å². The minimum atomic E-state index is -1.36. The highest BCUT2D eigenvalue weighted by Crippen LogP contribution is 2.12. The van der Waals surface area contributed by atoms with E-state index in [4.69, 9.17) is 0 Å². The van der Waals surface area contributed by atoms with Gasteiger partial charge in [0.1, 0.15) is 0 Å². The van der Waals surface area contributed by atoms with E-state index in [2.05, 4.69) is 5.32 Å². The topological polar surface area (TPSA) is 92.3 Å². The average Bonchev–Trinajstić information content (AvgIpc) is 2.04. The molecule has 1 aliphatic rings. The monoisotopic (exact) mass is 181 g/mol. The maximum atomic E-state index is 10.5. The van der Waals surface area contributed by atoms with Crippen molar-refractivity contribution in [3.8, 4) is 0 Å². The molecule has 0 radical (unpaired) electrons. The predicted molar refractivity (Wildman–Crippen MR) is 38.8 cm³/mol. The summed E-state index contributed by atoms with van der Waals surface area (Å²) < 4.78 is 0. The first-order valence-electron chi connectivity index (χ1n) is 3.55. The van der Waals surface area contributed by atoms with Crippen LogP contribution in [0.2, 0.25) is 0 Å². The number of rotatable bonds is 2. The lowest BCUT2D eigenvalue weighted by atomic mass is 9.98. The summed E-state index contributed by atoms with van der Waals surface area (Å²) >= 11 is 0. The molecule has 1 rings (SSSR count). The minimum Gasteiger partial charge on any atom is -0.547 e. The van der Waals surface area contributed by atoms with Gasteiger partial charge in [-0.25, -0.2) is 0 Å². The van der Waals surface area contributed by atoms with Gasteiger partial charge in [-0.05, 0) is 6.92 Å². The Morgan fingerprint density at radius 1 is 1.46 bits per heavy atom. The molecule has 0 fully saturated rings. The van der Waals surface area contributed by atoms with Gasteiger partial charge in [-0.2, -0.15) is 0 Å². The number of dihydropyridines is 1. The molecule has 5 nitrogen and oxygen atoms in total. The summed E-state index contributed by atoms with van der Waals surface area (Å²) in [5.41, 5.74) is -1.45. The third kappa shape index (κ3) is 1.69. The number of carbonyl (C=O) groups excluding carboxylic acids is 2. The van der Waals surface area contributed by atoms with Gasteiger partial charge in [-0.3, -0.25) is 0 Å². The molecule has 1 heterocycles. The van der Waals surface area contributed by atoms with Gasteiger partial charge in [0, 0.05) is 11.8 Å². The SMILES string of the molecule is CC1(C(=O)[O-])C=CC(C(=O)[O-])=CN1. The quantitative estimate of drug-likeness (QED) is 0.500. The van der Waals surface area contributed by atoms with E-state index < -0.39 is 17.5 Å². The fraction of sp³-hybridized carbons (Fsp3) is 0.250. The van der Waals surface area contributed by atoms with E-state index in [0.717, 1.165) is 6.20 Å². The molecule has 0 aromatic rings. The molecule has 0 aromatic carbocycles. The van der Waals surface area contributed by atoms with Crippen molar-refractivity contribution in [1.82, 2.24) is 5.32 Å². The smallest absolute Gasteiger partial charge is 0.0925 e. The number of hydrogen-bond donors (Lipinski definition) is 1. The van der Waals surface area contributed by atoms with E-state index in [-0.39, 0.29) is 5.57 Å². The van der Waals surface area contributed by atoms with Crippen LogP contribution in [0.25, 0.3) is 0 Å². The van der Waals surface area contributed by atoms with Crippen LogP contribution in [0.1, 0.15) is 6.92 Å². The molecular weight excluding hydrogens is 174 g/mol. The van der Waals surface area contributed by atoms with Gasteiger partial charge in [-0.15, -0.1) is 0 Å². The molecule has 5 heteroatoms. The fourth-order valence-electron chi connectivity index (χ4n) is 0.834. The molecule has 0 bridgehead atoms. The number of carboxylic acid groups (broad SMARTS) is 2. The maximum Gasteiger partial charge on any atom is 0.0925 e. The lowest BCUT2D eigenvalue weighted by Gasteiger charge is -2.31. The minimum absolute atomic E-state index is 0.0984. The summed E-state index contributed by atoms with van der Waals surface area (Å²) in [7, 11) is 0. The van der Waals surface area contributed by atoms with Crippen LogP contribution >= 0.6 is 0 Å². The van der Waals surface area contributed by atoms with Crippen molar-refractivity contribution in [2.45, 2.75) is 12.5 Å². The molecule has 70 valence electrons. The normalized spacial score (nSPS) is 26.1. The summed E-state index contributed by atoms with van der Waals surface area (Å²) in [5.74, 6) is -2.68. The highest BCUT2D eigenvalue weighted by atomic mass is 16.4. The zero-order valence-electron chi connectivity index (χ0n) is 6.87. The van der Waals surface area contributed by atoms with E-state index in [1.807, 2.05) is 0 Å². The third-order valence-corrected chi connectivity index (χ3v) is 1.78. The van der Waals surface area contributed by atoms with Crippen molar-refractivity contribution in [2.75, 3.05) is 0 Å². The number of aliphatic carboxylic acids is 2. The fourth-order valence-corrected chi connectivity index (χ4v) is 0.834. The molecule has 13 heavy (non-hydrogen) atoms. The molecule has 0 saturated heterocycles. The highest BCUT2D eigenvalue weighted by Gasteiger charge is 2.23. The Morgan fingerprint density at radius 3 is 2.38 bits per heavy atom. The summed E-state index contributed by atoms with van der Waals surface area (Å²) in [4.78, 5) is 20.8. The van der Waals surface area contributed by atoms with E-state index >= 15 is 0 Å². The van der Waals surface area contributed by atoms with Gasteiger partial charge in [-0.1, -0.05) is 12.2 Å². The predicted octanol–water partition coefficient (Wildman–Crippen LogP) is -2.71. The van der Waals surface area contributed by atoms with Crippen molar-refractivity contribution in [1.29, 1.82) is 0 Å². The molecule has 0 aromatic heterocycles. The Balaban J connectivity index is 2.85. The molecular formula is C8H7NO4-2. The van der Waals surface area contributed by atoms with Gasteiger partial charge < -0.3 is 25.1 Å². The van der Waals surface area contributed by atoms with Crippen LogP contribution in [-0.2, 0) is 9.59 Å². The second kappa shape index (κ2) is 2.93. The lowest BCUT2D eigenvalue weighted by molar-refractivity contribution is -0.311. The van der Waals surface area contributed by atoms with Gasteiger partial charge in [0.05, 0.1) is 17.5 Å². The maximum absolute atomic E-state index is 10.5. The van der Waals surface area contributed by atoms with Crippen LogP contribution in [0, 0.1) is 0 Å². The Labute approximate surface area is 74.4 Å². The Bertz CT molecular complexity index is 318. The molecule has 0 spiro atoms. The first-order chi connectivity index (χ1) is 5.96. The van der Waals surface area contributed by atoms with Crippen LogP contribution in [0.3, 0.4) is 0 Å². The van der Waals surface area contributed by atoms with Crippen LogP contribution in [0.4, 0.5) is 0 Å². The van der Waals surface area contributed by atoms with Crippen molar-refractivity contribution in [2.24, 2.45) is 0 Å². The molecule has 1 unspecified atom stereocenters. The molecule has 1 atom stereocenters. The van der Waals surface area contributed by atoms with Crippen LogP contribution < -0.4 is 15.5 Å². The standard InChI is InChI=1S/C8H9NO4/c1-8(7(12)13)3-2-5(4-9-8)6(10)11/h2-4,9H,1H3,(H,10,11)(H,12,13)/p-2. The Kier molecular flexibility index (Phi) is 2.10. The lowest BCUT2D eigenvalue weighted by Crippen LogP contribution is -2.54. The second-order valence-electron chi connectivity index (χ2n) is 2.85. The largest absolute Gasteiger partial charge is 0.547 e. The molecule has 1 aliphatic heterocycles. The van der Waals surface area contributed by atoms with Crippen LogP contribution in [0.15, 0.2) is 23.9 Å². The number of hydrogen-bond acceptors (Lipinski definition) is 5. The van der Waals surface area contributed by atoms with Gasteiger partial charge in [0.25, 0.3) is 0 Å². The molecule has 0 aliphatic carbocycles. The van der Waals surface area contributed by atoms with E-state index in [1.54, 1.807) is 0 Å². The zero-order valence-corrected chi connectivity index (χ0v) is 6.87. The van der Waals surface area contributed by atoms with Gasteiger partial charge in [0.15, 0.2) is 0 Å².